The number of rotatable bonds is 5. The molecule has 1 fully saturated rings. The molecule has 0 radical (unpaired) electrons. The number of H-pyrrole nitrogens is 1. The van der Waals surface area contributed by atoms with E-state index >= 15 is 0 Å². The number of nitrogens with two attached hydrogens (primary N) is 1. The van der Waals surface area contributed by atoms with Gasteiger partial charge < -0.3 is 25.5 Å². The highest BCUT2D eigenvalue weighted by Crippen LogP contribution is 2.36. The third-order valence-electron chi connectivity index (χ3n) is 5.59. The predicted molar refractivity (Wildman–Crippen MR) is 125 cm³/mol. The van der Waals surface area contributed by atoms with Crippen molar-refractivity contribution >= 4 is 17.5 Å². The molecule has 178 valence electrons. The fourth-order valence-electron chi connectivity index (χ4n) is 3.63. The number of nitrogen functional groups attached to an aromatic ring is 1. The molecule has 1 amide bonds. The number of amides is 1. The molecule has 0 aliphatic carbocycles. The van der Waals surface area contributed by atoms with E-state index in [2.05, 4.69) is 30.2 Å². The van der Waals surface area contributed by atoms with Gasteiger partial charge in [0.15, 0.2) is 5.82 Å². The Kier molecular flexibility index (Phi) is 5.93. The van der Waals surface area contributed by atoms with Crippen molar-refractivity contribution in [3.05, 3.63) is 72.7 Å². The van der Waals surface area contributed by atoms with Gasteiger partial charge in [-0.2, -0.15) is 0 Å². The molecular formula is C24H22FN7O3. The number of nitrogens with one attached hydrogen (secondary N) is 2. The molecule has 0 spiro atoms. The second-order valence-corrected chi connectivity index (χ2v) is 8.36. The van der Waals surface area contributed by atoms with Gasteiger partial charge in [0.25, 0.3) is 0 Å². The first-order chi connectivity index (χ1) is 16.9. The van der Waals surface area contributed by atoms with E-state index in [-0.39, 0.29) is 30.9 Å². The molecule has 11 heteroatoms. The molecule has 0 atom stereocenters. The monoisotopic (exact) mass is 475 g/mol. The van der Waals surface area contributed by atoms with Crippen LogP contribution in [0, 0.1) is 11.2 Å². The topological polar surface area (TPSA) is 141 Å². The Morgan fingerprint density at radius 1 is 1.09 bits per heavy atom. The van der Waals surface area contributed by atoms with Crippen molar-refractivity contribution in [2.45, 2.75) is 13.2 Å². The third kappa shape index (κ3) is 4.72. The lowest BCUT2D eigenvalue weighted by Crippen LogP contribution is -2.45. The Hall–Kier alpha value is -4.22. The number of aromatic amines is 1. The first-order valence-electron chi connectivity index (χ1n) is 10.8. The van der Waals surface area contributed by atoms with Gasteiger partial charge in [-0.3, -0.25) is 9.78 Å². The lowest BCUT2D eigenvalue weighted by Gasteiger charge is -2.35. The fourth-order valence-corrected chi connectivity index (χ4v) is 3.63. The number of imidazole rings is 1. The van der Waals surface area contributed by atoms with Crippen LogP contribution in [-0.4, -0.2) is 44.0 Å². The summed E-state index contributed by atoms with van der Waals surface area (Å²) in [5.74, 6) is -0.107. The van der Waals surface area contributed by atoms with E-state index in [0.717, 1.165) is 0 Å². The molecule has 1 aliphatic rings. The van der Waals surface area contributed by atoms with Gasteiger partial charge in [-0.05, 0) is 49.4 Å². The van der Waals surface area contributed by atoms with Gasteiger partial charge >= 0.3 is 0 Å². The van der Waals surface area contributed by atoms with Crippen molar-refractivity contribution < 1.29 is 18.7 Å². The minimum Gasteiger partial charge on any atom is -0.368 e. The van der Waals surface area contributed by atoms with Crippen molar-refractivity contribution in [2.75, 3.05) is 24.3 Å². The summed E-state index contributed by atoms with van der Waals surface area (Å²) in [5.41, 5.74) is 7.75. The third-order valence-corrected chi connectivity index (χ3v) is 5.59. The Balaban J connectivity index is 1.39. The largest absolute Gasteiger partial charge is 0.368 e. The van der Waals surface area contributed by atoms with Crippen LogP contribution >= 0.6 is 0 Å². The summed E-state index contributed by atoms with van der Waals surface area (Å²) in [6.45, 7) is 1.98. The molecule has 0 bridgehead atoms. The number of carbonyl (C=O) groups excluding carboxylic acids is 1. The van der Waals surface area contributed by atoms with Gasteiger partial charge in [0.05, 0.1) is 35.7 Å². The van der Waals surface area contributed by atoms with E-state index in [9.17, 15) is 9.18 Å². The zero-order valence-corrected chi connectivity index (χ0v) is 18.7. The number of hydrogen-bond acceptors (Lipinski definition) is 8. The number of hydrogen-bond donors (Lipinski definition) is 3. The van der Waals surface area contributed by atoms with E-state index in [1.165, 1.54) is 18.3 Å². The van der Waals surface area contributed by atoms with Crippen molar-refractivity contribution in [2.24, 2.45) is 5.41 Å². The van der Waals surface area contributed by atoms with Gasteiger partial charge in [0.1, 0.15) is 5.82 Å². The summed E-state index contributed by atoms with van der Waals surface area (Å²) in [4.78, 5) is 32.9. The smallest absolute Gasteiger partial charge is 0.235 e. The van der Waals surface area contributed by atoms with Crippen LogP contribution in [0.1, 0.15) is 19.0 Å². The minimum atomic E-state index is -0.907. The van der Waals surface area contributed by atoms with Crippen LogP contribution in [0.15, 0.2) is 61.1 Å². The normalized spacial score (nSPS) is 19.9. The first-order valence-corrected chi connectivity index (χ1v) is 10.8. The van der Waals surface area contributed by atoms with E-state index in [1.807, 2.05) is 0 Å². The second kappa shape index (κ2) is 9.20. The summed E-state index contributed by atoms with van der Waals surface area (Å²) in [6.07, 6.45) is 3.89. The Bertz CT molecular complexity index is 1340. The summed E-state index contributed by atoms with van der Waals surface area (Å²) < 4.78 is 25.3. The van der Waals surface area contributed by atoms with Gasteiger partial charge in [-0.1, -0.05) is 0 Å². The zero-order valence-electron chi connectivity index (χ0n) is 18.7. The highest BCUT2D eigenvalue weighted by atomic mass is 19.1. The minimum absolute atomic E-state index is 0.102. The van der Waals surface area contributed by atoms with Gasteiger partial charge in [0, 0.05) is 29.8 Å². The molecule has 4 N–H and O–H groups in total. The number of nitrogens with zero attached hydrogens (tertiary/aromatic N) is 4. The lowest BCUT2D eigenvalue weighted by atomic mass is 9.91. The summed E-state index contributed by atoms with van der Waals surface area (Å²) >= 11 is 0. The van der Waals surface area contributed by atoms with Crippen LogP contribution in [0.4, 0.5) is 16.0 Å². The number of halogens is 1. The van der Waals surface area contributed by atoms with Gasteiger partial charge in [-0.15, -0.1) is 0 Å². The number of carbonyl (C=O) groups is 1. The number of anilines is 2. The molecule has 1 aromatic carbocycles. The highest BCUT2D eigenvalue weighted by molar-refractivity contribution is 5.95. The Morgan fingerprint density at radius 3 is 2.49 bits per heavy atom. The van der Waals surface area contributed by atoms with Crippen LogP contribution in [0.25, 0.3) is 22.6 Å². The molecule has 0 saturated carbocycles. The Labute approximate surface area is 199 Å². The van der Waals surface area contributed by atoms with Crippen molar-refractivity contribution in [1.82, 2.24) is 24.9 Å². The Morgan fingerprint density at radius 2 is 1.80 bits per heavy atom. The first kappa shape index (κ1) is 22.6. The number of aromatic nitrogens is 5. The lowest BCUT2D eigenvalue weighted by molar-refractivity contribution is -0.229. The maximum absolute atomic E-state index is 13.5. The van der Waals surface area contributed by atoms with Crippen molar-refractivity contribution in [3.8, 4) is 22.6 Å². The SMILES string of the molecule is CC1(C(=O)Nc2ccncc2)COC(c2nc(-c3ccc(F)cc3)c(-c3ccnc(N)n3)[nH]2)OC1. The predicted octanol–water partition coefficient (Wildman–Crippen LogP) is 3.34. The van der Waals surface area contributed by atoms with E-state index in [4.69, 9.17) is 15.2 Å². The number of pyridine rings is 1. The van der Waals surface area contributed by atoms with Crippen LogP contribution in [0.3, 0.4) is 0 Å². The average molecular weight is 475 g/mol. The highest BCUT2D eigenvalue weighted by Gasteiger charge is 2.41. The van der Waals surface area contributed by atoms with Crippen molar-refractivity contribution in [3.63, 3.8) is 0 Å². The zero-order chi connectivity index (χ0) is 24.4. The maximum atomic E-state index is 13.5. The molecule has 0 unspecified atom stereocenters. The quantitative estimate of drug-likeness (QED) is 0.399. The fraction of sp³-hybridized carbons (Fsp3) is 0.208. The second-order valence-electron chi connectivity index (χ2n) is 8.36. The number of benzene rings is 1. The van der Waals surface area contributed by atoms with E-state index in [1.54, 1.807) is 49.6 Å². The summed E-state index contributed by atoms with van der Waals surface area (Å²) in [7, 11) is 0. The maximum Gasteiger partial charge on any atom is 0.235 e. The van der Waals surface area contributed by atoms with E-state index in [0.29, 0.717) is 34.2 Å². The molecule has 4 aromatic rings. The van der Waals surface area contributed by atoms with Crippen LogP contribution in [0.2, 0.25) is 0 Å². The van der Waals surface area contributed by atoms with Crippen LogP contribution in [0.5, 0.6) is 0 Å². The molecule has 1 aliphatic heterocycles. The standard InChI is InChI=1S/C24H22FN7O3/c1-24(22(33)29-16-6-9-27-10-7-16)12-34-21(35-13-24)20-31-18(14-2-4-15(25)5-3-14)19(32-20)17-8-11-28-23(26)30-17/h2-11,21H,12-13H2,1H3,(H,31,32)(H2,26,28,30)(H,27,29,33). The summed E-state index contributed by atoms with van der Waals surface area (Å²) in [5, 5.41) is 2.85. The van der Waals surface area contributed by atoms with Crippen molar-refractivity contribution in [1.29, 1.82) is 0 Å². The van der Waals surface area contributed by atoms with Gasteiger partial charge in [-0.25, -0.2) is 19.3 Å². The molecule has 5 rings (SSSR count). The molecule has 35 heavy (non-hydrogen) atoms. The summed E-state index contributed by atoms with van der Waals surface area (Å²) in [6, 6.07) is 11.0. The molecule has 10 nitrogen and oxygen atoms in total. The molecule has 1 saturated heterocycles. The molecule has 3 aromatic heterocycles. The van der Waals surface area contributed by atoms with E-state index < -0.39 is 11.7 Å². The number of ether oxygens (including phenoxy) is 2. The average Bonchev–Trinajstić information content (AvgIpc) is 3.31. The molecule has 4 heterocycles. The van der Waals surface area contributed by atoms with Crippen LogP contribution in [-0.2, 0) is 14.3 Å². The molecular weight excluding hydrogens is 453 g/mol. The van der Waals surface area contributed by atoms with Gasteiger partial charge in [0.2, 0.25) is 18.1 Å². The van der Waals surface area contributed by atoms with Crippen LogP contribution < -0.4 is 11.1 Å².